The second-order valence-electron chi connectivity index (χ2n) is 8.61. The number of ether oxygens (including phenoxy) is 4. The van der Waals surface area contributed by atoms with Crippen LogP contribution in [0.3, 0.4) is 0 Å². The zero-order chi connectivity index (χ0) is 24.5. The van der Waals surface area contributed by atoms with Gasteiger partial charge < -0.3 is 34.1 Å². The quantitative estimate of drug-likeness (QED) is 0.367. The average Bonchev–Trinajstić information content (AvgIpc) is 3.47. The topological polar surface area (TPSA) is 115 Å². The maximum absolute atomic E-state index is 13.3. The van der Waals surface area contributed by atoms with E-state index in [1.807, 2.05) is 0 Å². The number of nitrogens with zero attached hydrogens (tertiary/aromatic N) is 1. The monoisotopic (exact) mass is 481 g/mol. The van der Waals surface area contributed by atoms with Gasteiger partial charge in [-0.15, -0.1) is 0 Å². The van der Waals surface area contributed by atoms with Gasteiger partial charge >= 0.3 is 0 Å². The van der Waals surface area contributed by atoms with Gasteiger partial charge in [-0.05, 0) is 55.7 Å². The third-order valence-electron chi connectivity index (χ3n) is 6.38. The first-order valence-electron chi connectivity index (χ1n) is 11.7. The zero-order valence-corrected chi connectivity index (χ0v) is 19.4. The molecule has 184 valence electrons. The smallest absolute Gasteiger partial charge is 0.295 e. The van der Waals surface area contributed by atoms with Crippen LogP contribution in [0.2, 0.25) is 0 Å². The molecule has 3 aliphatic rings. The molecule has 0 radical (unpaired) electrons. The van der Waals surface area contributed by atoms with E-state index in [-0.39, 0.29) is 35.5 Å². The molecule has 3 aliphatic heterocycles. The minimum atomic E-state index is -0.882. The largest absolute Gasteiger partial charge is 0.507 e. The van der Waals surface area contributed by atoms with E-state index in [0.29, 0.717) is 49.1 Å². The molecule has 2 fully saturated rings. The average molecular weight is 482 g/mol. The molecular formula is C26H27NO8. The third-order valence-corrected chi connectivity index (χ3v) is 6.38. The van der Waals surface area contributed by atoms with Crippen molar-refractivity contribution in [1.82, 2.24) is 4.90 Å². The maximum Gasteiger partial charge on any atom is 0.295 e. The van der Waals surface area contributed by atoms with E-state index in [4.69, 9.17) is 18.9 Å². The molecule has 9 nitrogen and oxygen atoms in total. The summed E-state index contributed by atoms with van der Waals surface area (Å²) >= 11 is 0. The summed E-state index contributed by atoms with van der Waals surface area (Å²) in [6.07, 6.45) is 1.45. The van der Waals surface area contributed by atoms with Crippen LogP contribution >= 0.6 is 0 Å². The van der Waals surface area contributed by atoms with E-state index in [9.17, 15) is 19.8 Å². The van der Waals surface area contributed by atoms with Crippen LogP contribution in [-0.2, 0) is 14.3 Å². The van der Waals surface area contributed by atoms with Crippen LogP contribution in [0, 0.1) is 0 Å². The Morgan fingerprint density at radius 3 is 2.63 bits per heavy atom. The molecule has 0 aliphatic carbocycles. The number of phenols is 1. The van der Waals surface area contributed by atoms with Crippen molar-refractivity contribution in [2.45, 2.75) is 31.9 Å². The second-order valence-corrected chi connectivity index (χ2v) is 8.61. The Morgan fingerprint density at radius 1 is 1.09 bits per heavy atom. The van der Waals surface area contributed by atoms with Gasteiger partial charge in [-0.3, -0.25) is 9.59 Å². The number of carbonyl (C=O) groups is 2. The van der Waals surface area contributed by atoms with E-state index < -0.39 is 17.7 Å². The van der Waals surface area contributed by atoms with Crippen LogP contribution in [0.5, 0.6) is 23.0 Å². The third kappa shape index (κ3) is 4.27. The minimum Gasteiger partial charge on any atom is -0.507 e. The summed E-state index contributed by atoms with van der Waals surface area (Å²) in [5, 5.41) is 21.5. The molecule has 2 N–H and O–H groups in total. The zero-order valence-electron chi connectivity index (χ0n) is 19.4. The summed E-state index contributed by atoms with van der Waals surface area (Å²) in [5.74, 6) is -0.643. The number of hydrogen-bond acceptors (Lipinski definition) is 8. The minimum absolute atomic E-state index is 0.0437. The standard InChI is InChI=1S/C26H27NO8/c1-2-32-20-12-15(5-7-18(20)28)23-22(25(30)26(31)27(23)14-17-4-3-9-33-17)24(29)16-6-8-19-21(13-16)35-11-10-34-19/h5-8,12-13,17,23,28-29H,2-4,9-11,14H2,1H3/b24-22+. The number of aliphatic hydroxyl groups is 1. The first-order chi connectivity index (χ1) is 17.0. The predicted molar refractivity (Wildman–Crippen MR) is 125 cm³/mol. The van der Waals surface area contributed by atoms with E-state index in [2.05, 4.69) is 0 Å². The Bertz CT molecular complexity index is 1180. The number of ketones is 1. The van der Waals surface area contributed by atoms with Crippen molar-refractivity contribution >= 4 is 17.4 Å². The first kappa shape index (κ1) is 23.0. The Morgan fingerprint density at radius 2 is 1.89 bits per heavy atom. The van der Waals surface area contributed by atoms with Gasteiger partial charge in [-0.1, -0.05) is 6.07 Å². The number of amides is 1. The predicted octanol–water partition coefficient (Wildman–Crippen LogP) is 3.16. The second kappa shape index (κ2) is 9.50. The van der Waals surface area contributed by atoms with Crippen LogP contribution in [0.4, 0.5) is 0 Å². The highest BCUT2D eigenvalue weighted by Gasteiger charge is 2.47. The van der Waals surface area contributed by atoms with Gasteiger partial charge in [0.05, 0.1) is 24.3 Å². The van der Waals surface area contributed by atoms with E-state index in [1.54, 1.807) is 37.3 Å². The number of aromatic hydroxyl groups is 1. The van der Waals surface area contributed by atoms with Gasteiger partial charge in [0, 0.05) is 18.7 Å². The van der Waals surface area contributed by atoms with Crippen molar-refractivity contribution in [2.24, 2.45) is 0 Å². The Labute approximate surface area is 202 Å². The van der Waals surface area contributed by atoms with E-state index in [1.165, 1.54) is 11.0 Å². The van der Waals surface area contributed by atoms with Crippen LogP contribution in [-0.4, -0.2) is 65.9 Å². The van der Waals surface area contributed by atoms with Crippen molar-refractivity contribution < 1.29 is 38.7 Å². The number of aliphatic hydroxyl groups excluding tert-OH is 1. The number of phenolic OH excluding ortho intramolecular Hbond substituents is 1. The van der Waals surface area contributed by atoms with Crippen LogP contribution in [0.1, 0.15) is 36.9 Å². The lowest BCUT2D eigenvalue weighted by molar-refractivity contribution is -0.140. The summed E-state index contributed by atoms with van der Waals surface area (Å²) in [4.78, 5) is 27.9. The summed E-state index contributed by atoms with van der Waals surface area (Å²) in [5.41, 5.74) is 0.818. The summed E-state index contributed by atoms with van der Waals surface area (Å²) in [6, 6.07) is 8.66. The summed E-state index contributed by atoms with van der Waals surface area (Å²) in [6.45, 7) is 3.72. The van der Waals surface area contributed by atoms with Crippen molar-refractivity contribution in [3.63, 3.8) is 0 Å². The van der Waals surface area contributed by atoms with Crippen LogP contribution in [0.25, 0.3) is 5.76 Å². The molecule has 0 saturated carbocycles. The molecule has 2 aromatic carbocycles. The summed E-state index contributed by atoms with van der Waals surface area (Å²) < 4.78 is 22.4. The van der Waals surface area contributed by atoms with Gasteiger partial charge in [-0.25, -0.2) is 0 Å². The fourth-order valence-corrected chi connectivity index (χ4v) is 4.74. The van der Waals surface area contributed by atoms with Gasteiger partial charge in [0.2, 0.25) is 0 Å². The normalized spacial score (nSPS) is 23.1. The Kier molecular flexibility index (Phi) is 6.25. The number of Topliss-reactive ketones (excluding diaryl/α,β-unsaturated/α-hetero) is 1. The number of rotatable bonds is 6. The molecule has 0 aromatic heterocycles. The molecule has 2 aromatic rings. The van der Waals surface area contributed by atoms with Crippen molar-refractivity contribution in [3.05, 3.63) is 53.1 Å². The first-order valence-corrected chi connectivity index (χ1v) is 11.7. The fourth-order valence-electron chi connectivity index (χ4n) is 4.74. The lowest BCUT2D eigenvalue weighted by atomic mass is 9.94. The SMILES string of the molecule is CCOc1cc(C2/C(=C(\O)c3ccc4c(c3)OCCO4)C(=O)C(=O)N2CC2CCCO2)ccc1O. The molecule has 9 heteroatoms. The number of likely N-dealkylation sites (tertiary alicyclic amines) is 1. The van der Waals surface area contributed by atoms with Crippen molar-refractivity contribution in [2.75, 3.05) is 33.0 Å². The number of fused-ring (bicyclic) bond motifs is 1. The Hall–Kier alpha value is -3.72. The molecule has 5 rings (SSSR count). The van der Waals surface area contributed by atoms with Gasteiger partial charge in [-0.2, -0.15) is 0 Å². The highest BCUT2D eigenvalue weighted by Crippen LogP contribution is 2.43. The van der Waals surface area contributed by atoms with Crippen LogP contribution in [0.15, 0.2) is 42.0 Å². The fraction of sp³-hybridized carbons (Fsp3) is 0.385. The number of hydrogen-bond donors (Lipinski definition) is 2. The highest BCUT2D eigenvalue weighted by molar-refractivity contribution is 6.46. The van der Waals surface area contributed by atoms with Gasteiger partial charge in [0.15, 0.2) is 23.0 Å². The van der Waals surface area contributed by atoms with E-state index in [0.717, 1.165) is 12.8 Å². The molecule has 2 unspecified atom stereocenters. The molecular weight excluding hydrogens is 454 g/mol. The summed E-state index contributed by atoms with van der Waals surface area (Å²) in [7, 11) is 0. The van der Waals surface area contributed by atoms with Crippen LogP contribution < -0.4 is 14.2 Å². The lowest BCUT2D eigenvalue weighted by Crippen LogP contribution is -2.36. The van der Waals surface area contributed by atoms with Gasteiger partial charge in [0.1, 0.15) is 19.0 Å². The molecule has 0 bridgehead atoms. The molecule has 2 atom stereocenters. The molecule has 3 heterocycles. The van der Waals surface area contributed by atoms with Gasteiger partial charge in [0.25, 0.3) is 11.7 Å². The molecule has 0 spiro atoms. The molecule has 35 heavy (non-hydrogen) atoms. The van der Waals surface area contributed by atoms with Crippen molar-refractivity contribution in [1.29, 1.82) is 0 Å². The van der Waals surface area contributed by atoms with Crippen molar-refractivity contribution in [3.8, 4) is 23.0 Å². The highest BCUT2D eigenvalue weighted by atomic mass is 16.6. The number of carbonyl (C=O) groups excluding carboxylic acids is 2. The van der Waals surface area contributed by atoms with E-state index >= 15 is 0 Å². The lowest BCUT2D eigenvalue weighted by Gasteiger charge is -2.28. The number of benzene rings is 2. The molecule has 1 amide bonds. The maximum atomic E-state index is 13.3. The Balaban J connectivity index is 1.62. The molecule has 2 saturated heterocycles.